The van der Waals surface area contributed by atoms with Crippen LogP contribution in [0.1, 0.15) is 36.8 Å². The highest BCUT2D eigenvalue weighted by Crippen LogP contribution is 2.05. The van der Waals surface area contributed by atoms with Crippen LogP contribution in [0.15, 0.2) is 24.3 Å². The summed E-state index contributed by atoms with van der Waals surface area (Å²) in [6, 6.07) is 7.56. The lowest BCUT2D eigenvalue weighted by atomic mass is 10.1. The Morgan fingerprint density at radius 1 is 1.16 bits per heavy atom. The number of benzene rings is 1. The Morgan fingerprint density at radius 2 is 1.84 bits per heavy atom. The number of aliphatic carboxylic acids is 1. The van der Waals surface area contributed by atoms with Crippen molar-refractivity contribution in [3.8, 4) is 0 Å². The van der Waals surface area contributed by atoms with Crippen LogP contribution in [0, 0.1) is 0 Å². The lowest BCUT2D eigenvalue weighted by molar-refractivity contribution is -0.137. The van der Waals surface area contributed by atoms with Crippen LogP contribution in [0.3, 0.4) is 0 Å². The zero-order valence-electron chi connectivity index (χ0n) is 10.8. The van der Waals surface area contributed by atoms with E-state index in [-0.39, 0.29) is 18.9 Å². The summed E-state index contributed by atoms with van der Waals surface area (Å²) in [5.74, 6) is -0.894. The van der Waals surface area contributed by atoms with Gasteiger partial charge in [-0.25, -0.2) is 0 Å². The molecular formula is C14H19N2O3. The van der Waals surface area contributed by atoms with Gasteiger partial charge in [0.25, 0.3) is 0 Å². The minimum Gasteiger partial charge on any atom is -0.481 e. The summed E-state index contributed by atoms with van der Waals surface area (Å²) in [6.07, 6.45) is 1.58. The summed E-state index contributed by atoms with van der Waals surface area (Å²) < 4.78 is 0. The van der Waals surface area contributed by atoms with Gasteiger partial charge in [-0.15, -0.1) is 0 Å². The first-order valence-corrected chi connectivity index (χ1v) is 6.32. The fourth-order valence-corrected chi connectivity index (χ4v) is 1.70. The molecule has 5 heteroatoms. The summed E-state index contributed by atoms with van der Waals surface area (Å²) in [5.41, 5.74) is 9.17. The van der Waals surface area contributed by atoms with E-state index in [9.17, 15) is 9.59 Å². The Labute approximate surface area is 112 Å². The minimum absolute atomic E-state index is 0.0679. The largest absolute Gasteiger partial charge is 0.481 e. The summed E-state index contributed by atoms with van der Waals surface area (Å²) in [5, 5.41) is 11.3. The van der Waals surface area contributed by atoms with Gasteiger partial charge in [-0.3, -0.25) is 15.3 Å². The van der Waals surface area contributed by atoms with Crippen molar-refractivity contribution < 1.29 is 14.7 Å². The number of rotatable bonds is 8. The van der Waals surface area contributed by atoms with Gasteiger partial charge >= 0.3 is 5.97 Å². The molecule has 1 aromatic rings. The number of hydrogen-bond donors (Lipinski definition) is 2. The summed E-state index contributed by atoms with van der Waals surface area (Å²) in [4.78, 5) is 21.8. The highest BCUT2D eigenvalue weighted by atomic mass is 16.4. The van der Waals surface area contributed by atoms with Gasteiger partial charge in [0.15, 0.2) is 0 Å². The van der Waals surface area contributed by atoms with Crippen molar-refractivity contribution in [1.29, 1.82) is 0 Å². The third-order valence-corrected chi connectivity index (χ3v) is 2.73. The predicted octanol–water partition coefficient (Wildman–Crippen LogP) is 1.73. The van der Waals surface area contributed by atoms with E-state index in [1.165, 1.54) is 0 Å². The summed E-state index contributed by atoms with van der Waals surface area (Å²) in [6.45, 7) is 0.683. The molecule has 0 aliphatic rings. The van der Waals surface area contributed by atoms with E-state index >= 15 is 0 Å². The maximum atomic E-state index is 11.5. The fraction of sp³-hybridized carbons (Fsp3) is 0.429. The monoisotopic (exact) mass is 263 g/mol. The number of carboxylic acid groups (broad SMARTS) is 1. The Kier molecular flexibility index (Phi) is 6.60. The number of nitrogens with one attached hydrogen (secondary N) is 2. The van der Waals surface area contributed by atoms with Crippen LogP contribution < -0.4 is 11.1 Å². The molecule has 0 aliphatic heterocycles. The number of carbonyl (C=O) groups is 2. The molecule has 0 aliphatic carbocycles. The van der Waals surface area contributed by atoms with Crippen molar-refractivity contribution in [2.45, 2.75) is 38.8 Å². The molecule has 0 aromatic heterocycles. The second-order valence-corrected chi connectivity index (χ2v) is 4.37. The molecule has 19 heavy (non-hydrogen) atoms. The summed E-state index contributed by atoms with van der Waals surface area (Å²) in [7, 11) is 0. The molecule has 0 saturated heterocycles. The smallest absolute Gasteiger partial charge is 0.303 e. The normalized spacial score (nSPS) is 10.2. The number of carboxylic acids is 1. The van der Waals surface area contributed by atoms with Crippen molar-refractivity contribution in [3.63, 3.8) is 0 Å². The number of unbranched alkanes of at least 4 members (excludes halogenated alkanes) is 1. The average molecular weight is 263 g/mol. The third-order valence-electron chi connectivity index (χ3n) is 2.73. The molecule has 1 aromatic carbocycles. The molecule has 0 unspecified atom stereocenters. The highest BCUT2D eigenvalue weighted by Gasteiger charge is 2.03. The Hall–Kier alpha value is -1.88. The molecular weight excluding hydrogens is 244 g/mol. The topological polar surface area (TPSA) is 90.2 Å². The number of amides is 1. The average Bonchev–Trinajstić information content (AvgIpc) is 2.41. The first-order chi connectivity index (χ1) is 9.11. The predicted molar refractivity (Wildman–Crippen MR) is 71.2 cm³/mol. The lowest BCUT2D eigenvalue weighted by Crippen LogP contribution is -2.22. The highest BCUT2D eigenvalue weighted by molar-refractivity contribution is 5.75. The van der Waals surface area contributed by atoms with Crippen LogP contribution in [0.5, 0.6) is 0 Å². The molecule has 0 bridgehead atoms. The minimum atomic E-state index is -0.826. The number of hydrogen-bond acceptors (Lipinski definition) is 2. The zero-order valence-corrected chi connectivity index (χ0v) is 10.8. The van der Waals surface area contributed by atoms with E-state index in [4.69, 9.17) is 10.8 Å². The molecule has 0 atom stereocenters. The Balaban J connectivity index is 2.24. The zero-order chi connectivity index (χ0) is 14.1. The van der Waals surface area contributed by atoms with Gasteiger partial charge in [-0.2, -0.15) is 0 Å². The van der Waals surface area contributed by atoms with Crippen LogP contribution in [-0.2, 0) is 22.7 Å². The van der Waals surface area contributed by atoms with Gasteiger partial charge < -0.3 is 10.4 Å². The quantitative estimate of drug-likeness (QED) is 0.700. The van der Waals surface area contributed by atoms with Crippen molar-refractivity contribution in [3.05, 3.63) is 35.4 Å². The van der Waals surface area contributed by atoms with Gasteiger partial charge in [-0.1, -0.05) is 24.3 Å². The van der Waals surface area contributed by atoms with E-state index in [1.54, 1.807) is 0 Å². The Bertz CT molecular complexity index is 432. The van der Waals surface area contributed by atoms with Gasteiger partial charge in [0.05, 0.1) is 0 Å². The van der Waals surface area contributed by atoms with Crippen molar-refractivity contribution >= 4 is 11.9 Å². The molecule has 0 spiro atoms. The first-order valence-electron chi connectivity index (χ1n) is 6.32. The van der Waals surface area contributed by atoms with Crippen LogP contribution in [-0.4, -0.2) is 17.0 Å². The second kappa shape index (κ2) is 8.26. The second-order valence-electron chi connectivity index (χ2n) is 4.37. The van der Waals surface area contributed by atoms with Crippen LogP contribution in [0.25, 0.3) is 0 Å². The van der Waals surface area contributed by atoms with E-state index in [2.05, 4.69) is 5.32 Å². The van der Waals surface area contributed by atoms with Gasteiger partial charge in [-0.05, 0) is 24.0 Å². The van der Waals surface area contributed by atoms with Gasteiger partial charge in [0.2, 0.25) is 5.91 Å². The molecule has 1 rings (SSSR count). The van der Waals surface area contributed by atoms with Crippen molar-refractivity contribution in [1.82, 2.24) is 11.1 Å². The first kappa shape index (κ1) is 15.2. The SMILES string of the molecule is [NH]Cc1cccc(CNC(=O)CCCCC(=O)O)c1. The molecule has 1 amide bonds. The van der Waals surface area contributed by atoms with Crippen LogP contribution >= 0.6 is 0 Å². The van der Waals surface area contributed by atoms with Crippen LogP contribution in [0.4, 0.5) is 0 Å². The van der Waals surface area contributed by atoms with Gasteiger partial charge in [0, 0.05) is 25.9 Å². The van der Waals surface area contributed by atoms with E-state index in [1.807, 2.05) is 24.3 Å². The fourth-order valence-electron chi connectivity index (χ4n) is 1.70. The molecule has 5 nitrogen and oxygen atoms in total. The van der Waals surface area contributed by atoms with Crippen molar-refractivity contribution in [2.24, 2.45) is 0 Å². The number of carbonyl (C=O) groups excluding carboxylic acids is 1. The molecule has 103 valence electrons. The summed E-state index contributed by atoms with van der Waals surface area (Å²) >= 11 is 0. The molecule has 0 heterocycles. The van der Waals surface area contributed by atoms with E-state index in [0.29, 0.717) is 25.8 Å². The van der Waals surface area contributed by atoms with Crippen LogP contribution in [0.2, 0.25) is 0 Å². The maximum Gasteiger partial charge on any atom is 0.303 e. The van der Waals surface area contributed by atoms with Gasteiger partial charge in [0.1, 0.15) is 0 Å². The van der Waals surface area contributed by atoms with E-state index < -0.39 is 5.97 Å². The lowest BCUT2D eigenvalue weighted by Gasteiger charge is -2.06. The standard InChI is InChI=1S/C14H19N2O3/c15-9-11-4-3-5-12(8-11)10-16-13(17)6-1-2-7-14(18)19/h3-5,8,15H,1-2,6-7,9-10H2,(H,16,17)(H,18,19). The Morgan fingerprint density at radius 3 is 2.53 bits per heavy atom. The third kappa shape index (κ3) is 6.57. The van der Waals surface area contributed by atoms with Crippen molar-refractivity contribution in [2.75, 3.05) is 0 Å². The van der Waals surface area contributed by atoms with E-state index in [0.717, 1.165) is 11.1 Å². The maximum absolute atomic E-state index is 11.5. The molecule has 3 N–H and O–H groups in total. The molecule has 0 saturated carbocycles. The molecule has 0 fully saturated rings. The molecule has 1 radical (unpaired) electrons.